The van der Waals surface area contributed by atoms with Crippen LogP contribution in [0.1, 0.15) is 85.5 Å². The summed E-state index contributed by atoms with van der Waals surface area (Å²) < 4.78 is 48.7. The maximum absolute atomic E-state index is 11.8. The highest BCUT2D eigenvalue weighted by molar-refractivity contribution is 5.16. The molecule has 368 valence electrons. The van der Waals surface area contributed by atoms with E-state index >= 15 is 0 Å². The zero-order valence-corrected chi connectivity index (χ0v) is 37.3. The normalized spacial score (nSPS) is 58.6. The lowest BCUT2D eigenvalue weighted by Gasteiger charge is -2.62. The Hall–Kier alpha value is -0.760. The van der Waals surface area contributed by atoms with Crippen molar-refractivity contribution in [1.82, 2.24) is 0 Å². The molecule has 11 N–H and O–H groups in total. The van der Waals surface area contributed by atoms with Crippen molar-refractivity contribution in [3.63, 3.8) is 0 Å². The quantitative estimate of drug-likeness (QED) is 0.114. The van der Waals surface area contributed by atoms with Crippen molar-refractivity contribution in [2.75, 3.05) is 26.4 Å². The van der Waals surface area contributed by atoms with Crippen molar-refractivity contribution >= 4 is 0 Å². The standard InChI is InChI=1S/C45H74O19/c1-18-7-10-45(57-17-18)19(2)30-26(64-45)12-23-21-6-5-20-11-25(24(49)13-44(20,4)22(21)8-9-43(23,30)3)58-40-37(56)35(54)38(29(16-48)61-40)62-42-39(34(53)32(51)28(15-47)60-42)63-41-36(55)33(52)31(50)27(14-46)59-41/h18-42,46-56H,5-17H2,1-4H3/t18-,19-,20-,21+,22-,23-,24-,25-,26-,27-,28-,29-,30-,31-,32-,33+,34+,35-,36-,37-,38-,39-,40-,41+,42+,43+,44+,45-/m0/s1. The second kappa shape index (κ2) is 18.2. The van der Waals surface area contributed by atoms with E-state index in [1.807, 2.05) is 0 Å². The minimum absolute atomic E-state index is 0.144. The zero-order valence-electron chi connectivity index (χ0n) is 37.3. The summed E-state index contributed by atoms with van der Waals surface area (Å²) >= 11 is 0. The maximum atomic E-state index is 11.8. The van der Waals surface area contributed by atoms with Crippen LogP contribution < -0.4 is 0 Å². The summed E-state index contributed by atoms with van der Waals surface area (Å²) in [6.07, 6.45) is -18.5. The first-order valence-electron chi connectivity index (χ1n) is 23.9. The Bertz CT molecular complexity index is 1600. The van der Waals surface area contributed by atoms with Gasteiger partial charge in [0.2, 0.25) is 0 Å². The SMILES string of the molecule is C[C@H]1CC[C@]2(OC1)O[C@H]1C[C@H]3[C@@H]4CC[C@H]5C[C@H](O[C@H]6O[C@@H](CO)[C@H](O[C@H]7O[C@@H](CO)[C@H](O)[C@@H](O)[C@@H]7O[C@H]7O[C@@H](CO)[C@H](O)[C@@H](O)[C@@H]7O)[C@@H](O)[C@@H]6O)[C@@H](O)C[C@@]5(C)[C@H]4CC[C@@]3(C)[C@H]1[C@@H]2C. The topological polar surface area (TPSA) is 296 Å². The van der Waals surface area contributed by atoms with Crippen molar-refractivity contribution in [2.24, 2.45) is 52.3 Å². The summed E-state index contributed by atoms with van der Waals surface area (Å²) in [5.74, 6) is 2.57. The third kappa shape index (κ3) is 7.85. The Balaban J connectivity index is 0.848. The van der Waals surface area contributed by atoms with Gasteiger partial charge in [0.1, 0.15) is 73.2 Å². The van der Waals surface area contributed by atoms with E-state index in [-0.39, 0.29) is 22.9 Å². The van der Waals surface area contributed by atoms with E-state index in [0.29, 0.717) is 48.3 Å². The average Bonchev–Trinajstić information content (AvgIpc) is 3.72. The van der Waals surface area contributed by atoms with Gasteiger partial charge in [-0.2, -0.15) is 0 Å². The Kier molecular flexibility index (Phi) is 13.7. The molecule has 64 heavy (non-hydrogen) atoms. The van der Waals surface area contributed by atoms with Gasteiger partial charge in [-0.3, -0.25) is 0 Å². The Labute approximate surface area is 373 Å². The summed E-state index contributed by atoms with van der Waals surface area (Å²) in [6, 6.07) is 0. The highest BCUT2D eigenvalue weighted by atomic mass is 16.8. The van der Waals surface area contributed by atoms with Gasteiger partial charge in [-0.05, 0) is 97.7 Å². The molecule has 4 aliphatic carbocycles. The molecule has 0 amide bonds. The van der Waals surface area contributed by atoms with Crippen LogP contribution in [0.2, 0.25) is 0 Å². The van der Waals surface area contributed by atoms with Crippen molar-refractivity contribution in [3.05, 3.63) is 0 Å². The molecule has 1 spiro atoms. The van der Waals surface area contributed by atoms with Crippen molar-refractivity contribution < 1.29 is 94.1 Å². The molecule has 5 heterocycles. The lowest BCUT2D eigenvalue weighted by molar-refractivity contribution is -0.391. The Morgan fingerprint density at radius 1 is 0.578 bits per heavy atom. The molecular weight excluding hydrogens is 844 g/mol. The lowest BCUT2D eigenvalue weighted by Crippen LogP contribution is -2.67. The summed E-state index contributed by atoms with van der Waals surface area (Å²) in [5.41, 5.74) is 0.0147. The molecule has 0 bridgehead atoms. The van der Waals surface area contributed by atoms with Crippen LogP contribution in [0.3, 0.4) is 0 Å². The third-order valence-electron chi connectivity index (χ3n) is 18.3. The minimum Gasteiger partial charge on any atom is -0.394 e. The van der Waals surface area contributed by atoms with Gasteiger partial charge < -0.3 is 94.1 Å². The van der Waals surface area contributed by atoms with Crippen LogP contribution in [0.25, 0.3) is 0 Å². The van der Waals surface area contributed by atoms with Crippen LogP contribution in [0.5, 0.6) is 0 Å². The molecule has 28 atom stereocenters. The molecule has 9 aliphatic rings. The van der Waals surface area contributed by atoms with E-state index in [1.165, 1.54) is 0 Å². The van der Waals surface area contributed by atoms with Crippen LogP contribution in [0.4, 0.5) is 0 Å². The molecule has 4 saturated carbocycles. The van der Waals surface area contributed by atoms with Crippen LogP contribution in [0, 0.1) is 52.3 Å². The number of hydrogen-bond donors (Lipinski definition) is 11. The highest BCUT2D eigenvalue weighted by Gasteiger charge is 2.69. The molecule has 0 aromatic heterocycles. The average molecular weight is 919 g/mol. The zero-order chi connectivity index (χ0) is 45.8. The first kappa shape index (κ1) is 48.3. The molecule has 0 aromatic carbocycles. The summed E-state index contributed by atoms with van der Waals surface area (Å²) in [7, 11) is 0. The van der Waals surface area contributed by atoms with E-state index in [9.17, 15) is 56.2 Å². The Morgan fingerprint density at radius 3 is 1.86 bits per heavy atom. The molecule has 9 rings (SSSR count). The minimum atomic E-state index is -1.91. The molecule has 0 unspecified atom stereocenters. The van der Waals surface area contributed by atoms with E-state index in [1.54, 1.807) is 0 Å². The number of aliphatic hydroxyl groups is 11. The fraction of sp³-hybridized carbons (Fsp3) is 1.00. The maximum Gasteiger partial charge on any atom is 0.187 e. The van der Waals surface area contributed by atoms with Gasteiger partial charge in [0.05, 0.1) is 44.7 Å². The van der Waals surface area contributed by atoms with Crippen molar-refractivity contribution in [3.8, 4) is 0 Å². The third-order valence-corrected chi connectivity index (χ3v) is 18.3. The smallest absolute Gasteiger partial charge is 0.187 e. The van der Waals surface area contributed by atoms with Gasteiger partial charge in [-0.25, -0.2) is 0 Å². The summed E-state index contributed by atoms with van der Waals surface area (Å²) in [5, 5.41) is 118. The highest BCUT2D eigenvalue weighted by Crippen LogP contribution is 2.71. The number of aliphatic hydroxyl groups excluding tert-OH is 11. The summed E-state index contributed by atoms with van der Waals surface area (Å²) in [6.45, 7) is 7.85. The fourth-order valence-electron chi connectivity index (χ4n) is 14.7. The molecule has 0 radical (unpaired) electrons. The van der Waals surface area contributed by atoms with Crippen LogP contribution in [0.15, 0.2) is 0 Å². The van der Waals surface area contributed by atoms with Gasteiger partial charge in [-0.15, -0.1) is 0 Å². The molecule has 0 aromatic rings. The van der Waals surface area contributed by atoms with Gasteiger partial charge >= 0.3 is 0 Å². The van der Waals surface area contributed by atoms with Crippen LogP contribution in [-0.4, -0.2) is 199 Å². The molecule has 5 aliphatic heterocycles. The molecule has 19 nitrogen and oxygen atoms in total. The van der Waals surface area contributed by atoms with Crippen LogP contribution >= 0.6 is 0 Å². The predicted octanol–water partition coefficient (Wildman–Crippen LogP) is -1.76. The molecule has 5 saturated heterocycles. The number of fused-ring (bicyclic) bond motifs is 7. The number of ether oxygens (including phenoxy) is 8. The van der Waals surface area contributed by atoms with Crippen LogP contribution in [-0.2, 0) is 37.9 Å². The fourth-order valence-corrected chi connectivity index (χ4v) is 14.7. The van der Waals surface area contributed by atoms with Gasteiger partial charge in [0.25, 0.3) is 0 Å². The van der Waals surface area contributed by atoms with E-state index < -0.39 is 130 Å². The van der Waals surface area contributed by atoms with E-state index in [0.717, 1.165) is 51.6 Å². The van der Waals surface area contributed by atoms with Gasteiger partial charge in [0, 0.05) is 12.3 Å². The molecule has 9 fully saturated rings. The lowest BCUT2D eigenvalue weighted by atomic mass is 9.44. The summed E-state index contributed by atoms with van der Waals surface area (Å²) in [4.78, 5) is 0. The van der Waals surface area contributed by atoms with E-state index in [4.69, 9.17) is 37.9 Å². The second-order valence-corrected chi connectivity index (χ2v) is 21.7. The predicted molar refractivity (Wildman–Crippen MR) is 217 cm³/mol. The van der Waals surface area contributed by atoms with Gasteiger partial charge in [0.15, 0.2) is 24.7 Å². The van der Waals surface area contributed by atoms with Crippen molar-refractivity contribution in [2.45, 2.75) is 202 Å². The second-order valence-electron chi connectivity index (χ2n) is 21.7. The largest absolute Gasteiger partial charge is 0.394 e. The van der Waals surface area contributed by atoms with Gasteiger partial charge in [-0.1, -0.05) is 27.7 Å². The Morgan fingerprint density at radius 2 is 1.19 bits per heavy atom. The molecule has 19 heteroatoms. The van der Waals surface area contributed by atoms with E-state index in [2.05, 4.69) is 27.7 Å². The first-order chi connectivity index (χ1) is 30.4. The monoisotopic (exact) mass is 918 g/mol. The molecular formula is C45H74O19. The first-order valence-corrected chi connectivity index (χ1v) is 23.9. The van der Waals surface area contributed by atoms with Crippen molar-refractivity contribution in [1.29, 1.82) is 0 Å². The number of rotatable bonds is 9. The number of hydrogen-bond acceptors (Lipinski definition) is 19.